The summed E-state index contributed by atoms with van der Waals surface area (Å²) in [5.41, 5.74) is -1.51. The van der Waals surface area contributed by atoms with Gasteiger partial charge in [-0.1, -0.05) is 11.6 Å². The van der Waals surface area contributed by atoms with Gasteiger partial charge in [0.1, 0.15) is 5.75 Å². The molecule has 3 N–H and O–H groups in total. The van der Waals surface area contributed by atoms with E-state index >= 15 is 0 Å². The highest BCUT2D eigenvalue weighted by molar-refractivity contribution is 9.10. The van der Waals surface area contributed by atoms with Crippen LogP contribution in [0.25, 0.3) is 0 Å². The Bertz CT molecular complexity index is 535. The molecule has 8 heteroatoms. The van der Waals surface area contributed by atoms with Crippen molar-refractivity contribution >= 4 is 39.4 Å². The molecule has 0 aliphatic rings. The van der Waals surface area contributed by atoms with Gasteiger partial charge in [-0.2, -0.15) is 0 Å². The SMILES string of the molecule is CC(O)(CNC(=O)COc1ccc(Cl)cc1Br)CC(=O)O. The molecule has 116 valence electrons. The number of aliphatic hydroxyl groups is 1. The van der Waals surface area contributed by atoms with E-state index in [1.54, 1.807) is 18.2 Å². The molecular formula is C13H15BrClNO5. The third-order valence-corrected chi connectivity index (χ3v) is 3.31. The predicted molar refractivity (Wildman–Crippen MR) is 80.5 cm³/mol. The molecule has 1 unspecified atom stereocenters. The van der Waals surface area contributed by atoms with E-state index in [1.807, 2.05) is 0 Å². The fourth-order valence-corrected chi connectivity index (χ4v) is 2.26. The molecule has 1 rings (SSSR count). The summed E-state index contributed by atoms with van der Waals surface area (Å²) >= 11 is 9.03. The number of carbonyl (C=O) groups is 2. The van der Waals surface area contributed by atoms with Crippen LogP contribution in [-0.4, -0.2) is 40.8 Å². The average Bonchev–Trinajstić information content (AvgIpc) is 2.34. The van der Waals surface area contributed by atoms with Crippen molar-refractivity contribution in [3.8, 4) is 5.75 Å². The minimum absolute atomic E-state index is 0.177. The maximum Gasteiger partial charge on any atom is 0.306 e. The van der Waals surface area contributed by atoms with Gasteiger partial charge >= 0.3 is 5.97 Å². The predicted octanol–water partition coefficient (Wildman–Crippen LogP) is 1.82. The minimum atomic E-state index is -1.51. The quantitative estimate of drug-likeness (QED) is 0.670. The monoisotopic (exact) mass is 379 g/mol. The minimum Gasteiger partial charge on any atom is -0.483 e. The van der Waals surface area contributed by atoms with E-state index in [-0.39, 0.29) is 13.2 Å². The first-order valence-electron chi connectivity index (χ1n) is 5.98. The van der Waals surface area contributed by atoms with Crippen molar-refractivity contribution in [2.75, 3.05) is 13.2 Å². The maximum absolute atomic E-state index is 11.6. The number of amides is 1. The fourth-order valence-electron chi connectivity index (χ4n) is 1.46. The molecule has 1 aromatic carbocycles. The standard InChI is InChI=1S/C13H15BrClNO5/c1-13(20,5-12(18)19)7-16-11(17)6-21-10-3-2-8(15)4-9(10)14/h2-4,20H,5-7H2,1H3,(H,16,17)(H,18,19). The lowest BCUT2D eigenvalue weighted by Crippen LogP contribution is -2.43. The van der Waals surface area contributed by atoms with Crippen molar-refractivity contribution in [2.24, 2.45) is 0 Å². The molecule has 21 heavy (non-hydrogen) atoms. The van der Waals surface area contributed by atoms with Gasteiger partial charge in [0.05, 0.1) is 16.5 Å². The molecule has 0 saturated carbocycles. The van der Waals surface area contributed by atoms with E-state index in [9.17, 15) is 14.7 Å². The highest BCUT2D eigenvalue weighted by Gasteiger charge is 2.24. The lowest BCUT2D eigenvalue weighted by molar-refractivity contribution is -0.142. The number of ether oxygens (including phenoxy) is 1. The topological polar surface area (TPSA) is 95.9 Å². The van der Waals surface area contributed by atoms with Gasteiger partial charge in [-0.05, 0) is 41.1 Å². The van der Waals surface area contributed by atoms with E-state index < -0.39 is 23.9 Å². The maximum atomic E-state index is 11.6. The van der Waals surface area contributed by atoms with Gasteiger partial charge in [-0.15, -0.1) is 0 Å². The van der Waals surface area contributed by atoms with E-state index in [2.05, 4.69) is 21.2 Å². The summed E-state index contributed by atoms with van der Waals surface area (Å²) < 4.78 is 5.90. The molecule has 0 aliphatic heterocycles. The summed E-state index contributed by atoms with van der Waals surface area (Å²) in [4.78, 5) is 22.1. The molecule has 0 heterocycles. The van der Waals surface area contributed by atoms with Gasteiger partial charge in [0.15, 0.2) is 6.61 Å². The van der Waals surface area contributed by atoms with E-state index in [1.165, 1.54) is 6.92 Å². The smallest absolute Gasteiger partial charge is 0.306 e. The van der Waals surface area contributed by atoms with Crippen LogP contribution in [-0.2, 0) is 9.59 Å². The van der Waals surface area contributed by atoms with Crippen molar-refractivity contribution in [3.63, 3.8) is 0 Å². The molecule has 0 aliphatic carbocycles. The van der Waals surface area contributed by atoms with Crippen LogP contribution in [0, 0.1) is 0 Å². The molecule has 0 bridgehead atoms. The first-order valence-corrected chi connectivity index (χ1v) is 7.15. The van der Waals surface area contributed by atoms with Gasteiger partial charge in [-0.25, -0.2) is 0 Å². The molecule has 6 nitrogen and oxygen atoms in total. The van der Waals surface area contributed by atoms with Crippen LogP contribution in [0.5, 0.6) is 5.75 Å². The van der Waals surface area contributed by atoms with Crippen molar-refractivity contribution in [1.29, 1.82) is 0 Å². The third kappa shape index (κ3) is 6.79. The Morgan fingerprint density at radius 1 is 1.48 bits per heavy atom. The molecular weight excluding hydrogens is 366 g/mol. The van der Waals surface area contributed by atoms with Crippen molar-refractivity contribution < 1.29 is 24.5 Å². The van der Waals surface area contributed by atoms with Crippen LogP contribution >= 0.6 is 27.5 Å². The summed E-state index contributed by atoms with van der Waals surface area (Å²) in [5, 5.41) is 21.3. The lowest BCUT2D eigenvalue weighted by atomic mass is 10.0. The molecule has 0 fully saturated rings. The Kier molecular flexibility index (Phi) is 6.44. The van der Waals surface area contributed by atoms with E-state index in [4.69, 9.17) is 21.4 Å². The zero-order valence-corrected chi connectivity index (χ0v) is 13.6. The highest BCUT2D eigenvalue weighted by atomic mass is 79.9. The summed E-state index contributed by atoms with van der Waals surface area (Å²) in [6.07, 6.45) is -0.461. The fraction of sp³-hybridized carbons (Fsp3) is 0.385. The largest absolute Gasteiger partial charge is 0.483 e. The van der Waals surface area contributed by atoms with E-state index in [0.717, 1.165) is 0 Å². The molecule has 0 aromatic heterocycles. The number of rotatable bonds is 7. The van der Waals surface area contributed by atoms with Gasteiger partial charge in [-0.3, -0.25) is 9.59 Å². The van der Waals surface area contributed by atoms with Crippen molar-refractivity contribution in [1.82, 2.24) is 5.32 Å². The van der Waals surface area contributed by atoms with Crippen LogP contribution in [0.2, 0.25) is 5.02 Å². The summed E-state index contributed by atoms with van der Waals surface area (Å²) in [6, 6.07) is 4.87. The number of carboxylic acids is 1. The Hall–Kier alpha value is -1.31. The zero-order valence-electron chi connectivity index (χ0n) is 11.2. The van der Waals surface area contributed by atoms with Gasteiger partial charge in [0, 0.05) is 11.6 Å². The number of carboxylic acid groups (broad SMARTS) is 1. The summed E-state index contributed by atoms with van der Waals surface area (Å²) in [5.74, 6) is -1.16. The number of carbonyl (C=O) groups excluding carboxylic acids is 1. The Morgan fingerprint density at radius 2 is 2.14 bits per heavy atom. The van der Waals surface area contributed by atoms with Crippen LogP contribution < -0.4 is 10.1 Å². The number of benzene rings is 1. The number of hydrogen-bond acceptors (Lipinski definition) is 4. The van der Waals surface area contributed by atoms with Crippen LogP contribution in [0.3, 0.4) is 0 Å². The number of hydrogen-bond donors (Lipinski definition) is 3. The molecule has 0 radical (unpaired) electrons. The normalized spacial score (nSPS) is 13.3. The Balaban J connectivity index is 2.42. The summed E-state index contributed by atoms with van der Waals surface area (Å²) in [6.45, 7) is 0.894. The zero-order chi connectivity index (χ0) is 16.0. The lowest BCUT2D eigenvalue weighted by Gasteiger charge is -2.21. The number of aliphatic carboxylic acids is 1. The van der Waals surface area contributed by atoms with E-state index in [0.29, 0.717) is 15.2 Å². The highest BCUT2D eigenvalue weighted by Crippen LogP contribution is 2.27. The van der Waals surface area contributed by atoms with Crippen molar-refractivity contribution in [3.05, 3.63) is 27.7 Å². The third-order valence-electron chi connectivity index (χ3n) is 2.45. The molecule has 1 aromatic rings. The first kappa shape index (κ1) is 17.7. The number of nitrogens with one attached hydrogen (secondary N) is 1. The molecule has 1 atom stereocenters. The van der Waals surface area contributed by atoms with Crippen LogP contribution in [0.15, 0.2) is 22.7 Å². The van der Waals surface area contributed by atoms with Gasteiger partial charge in [0.25, 0.3) is 5.91 Å². The summed E-state index contributed by atoms with van der Waals surface area (Å²) in [7, 11) is 0. The second-order valence-electron chi connectivity index (χ2n) is 4.71. The first-order chi connectivity index (χ1) is 9.69. The molecule has 0 saturated heterocycles. The Morgan fingerprint density at radius 3 is 2.71 bits per heavy atom. The Labute approximate surface area is 135 Å². The molecule has 0 spiro atoms. The second kappa shape index (κ2) is 7.63. The second-order valence-corrected chi connectivity index (χ2v) is 6.00. The van der Waals surface area contributed by atoms with Crippen LogP contribution in [0.1, 0.15) is 13.3 Å². The van der Waals surface area contributed by atoms with Gasteiger partial charge in [0.2, 0.25) is 0 Å². The average molecular weight is 381 g/mol. The number of halogens is 2. The van der Waals surface area contributed by atoms with Crippen LogP contribution in [0.4, 0.5) is 0 Å². The molecule has 1 amide bonds. The van der Waals surface area contributed by atoms with Gasteiger partial charge < -0.3 is 20.3 Å². The van der Waals surface area contributed by atoms with Crippen molar-refractivity contribution in [2.45, 2.75) is 18.9 Å².